The number of esters is 1. The Morgan fingerprint density at radius 2 is 1.83 bits per heavy atom. The SMILES string of the molecule is CCOCCO[C@H](C(=O)OCC)c1ccccc1. The molecular formula is C14H20O4. The van der Waals surface area contributed by atoms with Crippen molar-refractivity contribution in [3.05, 3.63) is 35.9 Å². The van der Waals surface area contributed by atoms with Crippen molar-refractivity contribution in [3.8, 4) is 0 Å². The molecule has 0 aliphatic carbocycles. The average Bonchev–Trinajstić information content (AvgIpc) is 2.40. The van der Waals surface area contributed by atoms with E-state index in [0.717, 1.165) is 5.56 Å². The summed E-state index contributed by atoms with van der Waals surface area (Å²) < 4.78 is 15.7. The molecule has 0 saturated carbocycles. The Kier molecular flexibility index (Phi) is 7.06. The van der Waals surface area contributed by atoms with E-state index < -0.39 is 6.10 Å². The van der Waals surface area contributed by atoms with E-state index in [9.17, 15) is 4.79 Å². The molecule has 0 saturated heterocycles. The van der Waals surface area contributed by atoms with Crippen LogP contribution in [0.4, 0.5) is 0 Å². The number of ether oxygens (including phenoxy) is 3. The fourth-order valence-electron chi connectivity index (χ4n) is 1.52. The van der Waals surface area contributed by atoms with Gasteiger partial charge in [-0.25, -0.2) is 4.79 Å². The van der Waals surface area contributed by atoms with Gasteiger partial charge in [-0.2, -0.15) is 0 Å². The molecule has 0 aliphatic heterocycles. The van der Waals surface area contributed by atoms with E-state index in [1.807, 2.05) is 37.3 Å². The van der Waals surface area contributed by atoms with Gasteiger partial charge in [0.1, 0.15) is 0 Å². The lowest BCUT2D eigenvalue weighted by Gasteiger charge is -2.16. The minimum Gasteiger partial charge on any atom is -0.464 e. The molecule has 1 rings (SSSR count). The molecule has 0 aromatic heterocycles. The highest BCUT2D eigenvalue weighted by atomic mass is 16.6. The first-order valence-corrected chi connectivity index (χ1v) is 6.20. The van der Waals surface area contributed by atoms with Crippen LogP contribution in [0.5, 0.6) is 0 Å². The minimum absolute atomic E-state index is 0.344. The molecule has 0 amide bonds. The van der Waals surface area contributed by atoms with Crippen LogP contribution in [-0.2, 0) is 19.0 Å². The van der Waals surface area contributed by atoms with Gasteiger partial charge in [0.15, 0.2) is 6.10 Å². The maximum Gasteiger partial charge on any atom is 0.339 e. The Labute approximate surface area is 108 Å². The van der Waals surface area contributed by atoms with E-state index in [-0.39, 0.29) is 5.97 Å². The first kappa shape index (κ1) is 14.7. The quantitative estimate of drug-likeness (QED) is 0.526. The predicted molar refractivity (Wildman–Crippen MR) is 68.3 cm³/mol. The molecule has 4 nitrogen and oxygen atoms in total. The van der Waals surface area contributed by atoms with Crippen LogP contribution in [0.15, 0.2) is 30.3 Å². The van der Waals surface area contributed by atoms with Crippen LogP contribution in [0.1, 0.15) is 25.5 Å². The highest BCUT2D eigenvalue weighted by Crippen LogP contribution is 2.18. The molecule has 0 N–H and O–H groups in total. The van der Waals surface area contributed by atoms with Crippen molar-refractivity contribution in [1.82, 2.24) is 0 Å². The number of hydrogen-bond donors (Lipinski definition) is 0. The molecule has 1 aromatic rings. The Balaban J connectivity index is 2.61. The molecule has 0 fully saturated rings. The van der Waals surface area contributed by atoms with Gasteiger partial charge in [-0.15, -0.1) is 0 Å². The monoisotopic (exact) mass is 252 g/mol. The van der Waals surface area contributed by atoms with E-state index in [0.29, 0.717) is 26.4 Å². The first-order chi connectivity index (χ1) is 8.79. The zero-order valence-electron chi connectivity index (χ0n) is 10.9. The first-order valence-electron chi connectivity index (χ1n) is 6.20. The molecule has 18 heavy (non-hydrogen) atoms. The Morgan fingerprint density at radius 3 is 2.44 bits per heavy atom. The summed E-state index contributed by atoms with van der Waals surface area (Å²) in [5, 5.41) is 0. The zero-order chi connectivity index (χ0) is 13.2. The number of carbonyl (C=O) groups excluding carboxylic acids is 1. The predicted octanol–water partition coefficient (Wildman–Crippen LogP) is 2.34. The van der Waals surface area contributed by atoms with Crippen molar-refractivity contribution in [2.75, 3.05) is 26.4 Å². The minimum atomic E-state index is -0.674. The fraction of sp³-hybridized carbons (Fsp3) is 0.500. The van der Waals surface area contributed by atoms with Gasteiger partial charge >= 0.3 is 5.97 Å². The summed E-state index contributed by atoms with van der Waals surface area (Å²) in [6.45, 7) is 5.52. The van der Waals surface area contributed by atoms with Crippen molar-refractivity contribution in [1.29, 1.82) is 0 Å². The van der Waals surface area contributed by atoms with E-state index in [1.54, 1.807) is 6.92 Å². The maximum atomic E-state index is 11.8. The summed E-state index contributed by atoms with van der Waals surface area (Å²) in [7, 11) is 0. The lowest BCUT2D eigenvalue weighted by Crippen LogP contribution is -2.20. The van der Waals surface area contributed by atoms with Gasteiger partial charge in [0, 0.05) is 6.61 Å². The molecule has 0 bridgehead atoms. The van der Waals surface area contributed by atoms with Crippen LogP contribution in [0, 0.1) is 0 Å². The standard InChI is InChI=1S/C14H20O4/c1-3-16-10-11-18-13(14(15)17-4-2)12-8-6-5-7-9-12/h5-9,13H,3-4,10-11H2,1-2H3/t13-/m0/s1. The van der Waals surface area contributed by atoms with E-state index in [2.05, 4.69) is 0 Å². The number of benzene rings is 1. The second-order valence-corrected chi connectivity index (χ2v) is 3.61. The molecule has 100 valence electrons. The van der Waals surface area contributed by atoms with E-state index >= 15 is 0 Å². The van der Waals surface area contributed by atoms with Gasteiger partial charge in [-0.1, -0.05) is 30.3 Å². The molecule has 0 spiro atoms. The van der Waals surface area contributed by atoms with E-state index in [4.69, 9.17) is 14.2 Å². The highest BCUT2D eigenvalue weighted by Gasteiger charge is 2.22. The summed E-state index contributed by atoms with van der Waals surface area (Å²) in [6, 6.07) is 9.33. The Hall–Kier alpha value is -1.39. The van der Waals surface area contributed by atoms with Gasteiger partial charge in [0.25, 0.3) is 0 Å². The van der Waals surface area contributed by atoms with Crippen molar-refractivity contribution < 1.29 is 19.0 Å². The molecule has 4 heteroatoms. The fourth-order valence-corrected chi connectivity index (χ4v) is 1.52. The summed E-state index contributed by atoms with van der Waals surface area (Å²) in [4.78, 5) is 11.8. The zero-order valence-corrected chi connectivity index (χ0v) is 10.9. The maximum absolute atomic E-state index is 11.8. The van der Waals surface area contributed by atoms with Crippen molar-refractivity contribution >= 4 is 5.97 Å². The highest BCUT2D eigenvalue weighted by molar-refractivity contribution is 5.76. The van der Waals surface area contributed by atoms with Gasteiger partial charge in [0.05, 0.1) is 19.8 Å². The summed E-state index contributed by atoms with van der Waals surface area (Å²) in [5.74, 6) is -0.361. The third-order valence-corrected chi connectivity index (χ3v) is 2.32. The third-order valence-electron chi connectivity index (χ3n) is 2.32. The summed E-state index contributed by atoms with van der Waals surface area (Å²) in [6.07, 6.45) is -0.674. The largest absolute Gasteiger partial charge is 0.464 e. The van der Waals surface area contributed by atoms with Crippen LogP contribution in [0.3, 0.4) is 0 Å². The van der Waals surface area contributed by atoms with Crippen molar-refractivity contribution in [2.24, 2.45) is 0 Å². The van der Waals surface area contributed by atoms with Crippen LogP contribution < -0.4 is 0 Å². The molecule has 0 heterocycles. The normalized spacial score (nSPS) is 12.1. The van der Waals surface area contributed by atoms with Crippen LogP contribution in [0.2, 0.25) is 0 Å². The molecule has 0 radical (unpaired) electrons. The summed E-state index contributed by atoms with van der Waals surface area (Å²) >= 11 is 0. The lowest BCUT2D eigenvalue weighted by molar-refractivity contribution is -0.158. The molecule has 1 aromatic carbocycles. The van der Waals surface area contributed by atoms with Crippen LogP contribution >= 0.6 is 0 Å². The molecular weight excluding hydrogens is 232 g/mol. The smallest absolute Gasteiger partial charge is 0.339 e. The molecule has 0 aliphatic rings. The van der Waals surface area contributed by atoms with Gasteiger partial charge in [-0.3, -0.25) is 0 Å². The number of hydrogen-bond acceptors (Lipinski definition) is 4. The van der Waals surface area contributed by atoms with Gasteiger partial charge in [-0.05, 0) is 19.4 Å². The van der Waals surface area contributed by atoms with Crippen molar-refractivity contribution in [3.63, 3.8) is 0 Å². The topological polar surface area (TPSA) is 44.8 Å². The Morgan fingerprint density at radius 1 is 1.11 bits per heavy atom. The molecule has 0 unspecified atom stereocenters. The Bertz CT molecular complexity index is 337. The summed E-state index contributed by atoms with van der Waals surface area (Å²) in [5.41, 5.74) is 0.799. The second kappa shape index (κ2) is 8.66. The average molecular weight is 252 g/mol. The molecule has 1 atom stereocenters. The van der Waals surface area contributed by atoms with Gasteiger partial charge < -0.3 is 14.2 Å². The van der Waals surface area contributed by atoms with Gasteiger partial charge in [0.2, 0.25) is 0 Å². The third kappa shape index (κ3) is 4.85. The second-order valence-electron chi connectivity index (χ2n) is 3.61. The van der Waals surface area contributed by atoms with Crippen LogP contribution in [-0.4, -0.2) is 32.4 Å². The van der Waals surface area contributed by atoms with Crippen molar-refractivity contribution in [2.45, 2.75) is 20.0 Å². The van der Waals surface area contributed by atoms with E-state index in [1.165, 1.54) is 0 Å². The lowest BCUT2D eigenvalue weighted by atomic mass is 10.1. The number of carbonyl (C=O) groups is 1. The van der Waals surface area contributed by atoms with Crippen LogP contribution in [0.25, 0.3) is 0 Å². The number of rotatable bonds is 8.